The van der Waals surface area contributed by atoms with Crippen LogP contribution in [0, 0.1) is 46.3 Å². The van der Waals surface area contributed by atoms with Crippen molar-refractivity contribution in [1.29, 1.82) is 0 Å². The molecule has 0 nitrogen and oxygen atoms in total. The lowest BCUT2D eigenvalue weighted by atomic mass is 9.43. The lowest BCUT2D eigenvalue weighted by Gasteiger charge is -2.62. The predicted octanol–water partition coefficient (Wildman–Crippen LogP) is 6.69. The highest BCUT2D eigenvalue weighted by Gasteiger charge is 2.60. The first-order valence-corrected chi connectivity index (χ1v) is 10.5. The average molecular weight is 303 g/mol. The second-order valence-corrected chi connectivity index (χ2v) is 10.2. The number of hydrogen-bond donors (Lipinski definition) is 0. The molecule has 22 heavy (non-hydrogen) atoms. The van der Waals surface area contributed by atoms with E-state index >= 15 is 0 Å². The van der Waals surface area contributed by atoms with Gasteiger partial charge in [0.25, 0.3) is 0 Å². The van der Waals surface area contributed by atoms with Gasteiger partial charge in [-0.05, 0) is 91.3 Å². The zero-order chi connectivity index (χ0) is 15.5. The molecule has 0 N–H and O–H groups in total. The Bertz CT molecular complexity index is 426. The summed E-state index contributed by atoms with van der Waals surface area (Å²) in [4.78, 5) is 0. The fraction of sp³-hybridized carbons (Fsp3) is 1.00. The highest BCUT2D eigenvalue weighted by Crippen LogP contribution is 2.68. The minimum absolute atomic E-state index is 0.701. The second-order valence-electron chi connectivity index (χ2n) is 10.2. The van der Waals surface area contributed by atoms with Crippen molar-refractivity contribution < 1.29 is 0 Å². The molecule has 126 valence electrons. The van der Waals surface area contributed by atoms with Crippen LogP contribution in [0.4, 0.5) is 0 Å². The van der Waals surface area contributed by atoms with Crippen LogP contribution in [0.5, 0.6) is 0 Å². The van der Waals surface area contributed by atoms with Crippen LogP contribution >= 0.6 is 0 Å². The molecule has 0 bridgehead atoms. The summed E-state index contributed by atoms with van der Waals surface area (Å²) in [5, 5.41) is 0. The van der Waals surface area contributed by atoms with E-state index in [0.717, 1.165) is 35.5 Å². The molecule has 0 amide bonds. The van der Waals surface area contributed by atoms with Gasteiger partial charge < -0.3 is 0 Å². The standard InChI is InChI=1S/C22H38/c1-5-16-9-10-19-17-14-15(2)18-8-6-7-12-22(18,4)20(17)11-13-21(16,19)3/h15-20H,5-14H2,1-4H3/t15-,16-,17-,18?,19-,20-,21+,22-/m0/s1. The third kappa shape index (κ3) is 1.94. The van der Waals surface area contributed by atoms with Crippen molar-refractivity contribution in [2.75, 3.05) is 0 Å². The minimum Gasteiger partial charge on any atom is -0.0651 e. The molecule has 1 unspecified atom stereocenters. The zero-order valence-corrected chi connectivity index (χ0v) is 15.5. The number of hydrogen-bond acceptors (Lipinski definition) is 0. The van der Waals surface area contributed by atoms with Crippen LogP contribution in [0.1, 0.15) is 91.9 Å². The largest absolute Gasteiger partial charge is 0.0651 e. The molecule has 0 aromatic heterocycles. The zero-order valence-electron chi connectivity index (χ0n) is 15.5. The Morgan fingerprint density at radius 1 is 0.818 bits per heavy atom. The van der Waals surface area contributed by atoms with Gasteiger partial charge in [-0.2, -0.15) is 0 Å². The Morgan fingerprint density at radius 3 is 2.36 bits per heavy atom. The summed E-state index contributed by atoms with van der Waals surface area (Å²) in [7, 11) is 0. The molecule has 4 rings (SSSR count). The Kier molecular flexibility index (Phi) is 3.70. The highest BCUT2D eigenvalue weighted by molar-refractivity contribution is 5.09. The molecule has 0 spiro atoms. The summed E-state index contributed by atoms with van der Waals surface area (Å²) < 4.78 is 0. The summed E-state index contributed by atoms with van der Waals surface area (Å²) in [6, 6.07) is 0. The van der Waals surface area contributed by atoms with Crippen LogP contribution in [0.15, 0.2) is 0 Å². The van der Waals surface area contributed by atoms with E-state index in [1.54, 1.807) is 38.5 Å². The van der Waals surface area contributed by atoms with E-state index in [1.807, 2.05) is 0 Å². The molecule has 4 aliphatic rings. The van der Waals surface area contributed by atoms with Crippen molar-refractivity contribution in [2.24, 2.45) is 46.3 Å². The molecular formula is C22H38. The van der Waals surface area contributed by atoms with Gasteiger partial charge in [0.15, 0.2) is 0 Å². The van der Waals surface area contributed by atoms with Gasteiger partial charge in [-0.15, -0.1) is 0 Å². The molecule has 0 aromatic rings. The van der Waals surface area contributed by atoms with E-state index in [4.69, 9.17) is 0 Å². The molecule has 4 saturated carbocycles. The van der Waals surface area contributed by atoms with Crippen molar-refractivity contribution in [3.8, 4) is 0 Å². The van der Waals surface area contributed by atoms with Crippen molar-refractivity contribution in [2.45, 2.75) is 91.9 Å². The third-order valence-electron chi connectivity index (χ3n) is 9.63. The number of fused-ring (bicyclic) bond motifs is 5. The van der Waals surface area contributed by atoms with Crippen molar-refractivity contribution in [3.63, 3.8) is 0 Å². The normalized spacial score (nSPS) is 57.8. The summed E-state index contributed by atoms with van der Waals surface area (Å²) in [6.07, 6.45) is 15.3. The van der Waals surface area contributed by atoms with Crippen LogP contribution in [0.25, 0.3) is 0 Å². The fourth-order valence-electron chi connectivity index (χ4n) is 8.59. The molecule has 0 heterocycles. The van der Waals surface area contributed by atoms with Gasteiger partial charge in [0.05, 0.1) is 0 Å². The van der Waals surface area contributed by atoms with Crippen LogP contribution in [-0.2, 0) is 0 Å². The summed E-state index contributed by atoms with van der Waals surface area (Å²) >= 11 is 0. The van der Waals surface area contributed by atoms with Gasteiger partial charge in [-0.3, -0.25) is 0 Å². The van der Waals surface area contributed by atoms with Crippen LogP contribution in [0.2, 0.25) is 0 Å². The molecule has 0 saturated heterocycles. The summed E-state index contributed by atoms with van der Waals surface area (Å²) in [5.74, 6) is 6.29. The van der Waals surface area contributed by atoms with Gasteiger partial charge in [0.1, 0.15) is 0 Å². The SMILES string of the molecule is CC[C@H]1CC[C@H]2[C@@H]3C[C@H](C)C4CCCC[C@]4(C)[C@H]3CC[C@]12C. The monoisotopic (exact) mass is 302 g/mol. The lowest BCUT2D eigenvalue weighted by Crippen LogP contribution is -2.54. The highest BCUT2D eigenvalue weighted by atomic mass is 14.6. The molecule has 0 aliphatic heterocycles. The van der Waals surface area contributed by atoms with E-state index < -0.39 is 0 Å². The summed E-state index contributed by atoms with van der Waals surface area (Å²) in [5.41, 5.74) is 1.40. The van der Waals surface area contributed by atoms with E-state index in [-0.39, 0.29) is 0 Å². The van der Waals surface area contributed by atoms with Crippen LogP contribution in [0.3, 0.4) is 0 Å². The van der Waals surface area contributed by atoms with Gasteiger partial charge in [-0.1, -0.05) is 47.0 Å². The van der Waals surface area contributed by atoms with Gasteiger partial charge in [0.2, 0.25) is 0 Å². The maximum Gasteiger partial charge on any atom is -0.0264 e. The first-order valence-electron chi connectivity index (χ1n) is 10.5. The van der Waals surface area contributed by atoms with Crippen molar-refractivity contribution >= 4 is 0 Å². The smallest absolute Gasteiger partial charge is 0.0264 e. The van der Waals surface area contributed by atoms with E-state index in [0.29, 0.717) is 10.8 Å². The van der Waals surface area contributed by atoms with Gasteiger partial charge in [-0.25, -0.2) is 0 Å². The lowest BCUT2D eigenvalue weighted by molar-refractivity contribution is -0.131. The van der Waals surface area contributed by atoms with E-state index in [1.165, 1.54) is 25.7 Å². The number of rotatable bonds is 1. The average Bonchev–Trinajstić information content (AvgIpc) is 2.84. The Labute approximate surface area is 138 Å². The maximum atomic E-state index is 2.72. The second kappa shape index (κ2) is 5.25. The van der Waals surface area contributed by atoms with Gasteiger partial charge in [0, 0.05) is 0 Å². The van der Waals surface area contributed by atoms with Crippen molar-refractivity contribution in [3.05, 3.63) is 0 Å². The first-order chi connectivity index (χ1) is 10.5. The topological polar surface area (TPSA) is 0 Å². The Hall–Kier alpha value is 0. The predicted molar refractivity (Wildman–Crippen MR) is 94.7 cm³/mol. The minimum atomic E-state index is 0.701. The molecular weight excluding hydrogens is 264 g/mol. The first kappa shape index (κ1) is 15.5. The molecule has 0 aromatic carbocycles. The molecule has 4 aliphatic carbocycles. The maximum absolute atomic E-state index is 2.72. The quantitative estimate of drug-likeness (QED) is 0.506. The Morgan fingerprint density at radius 2 is 1.59 bits per heavy atom. The third-order valence-corrected chi connectivity index (χ3v) is 9.63. The van der Waals surface area contributed by atoms with Crippen LogP contribution < -0.4 is 0 Å². The van der Waals surface area contributed by atoms with Crippen molar-refractivity contribution in [1.82, 2.24) is 0 Å². The molecule has 8 atom stereocenters. The van der Waals surface area contributed by atoms with E-state index in [9.17, 15) is 0 Å². The Balaban J connectivity index is 1.66. The molecule has 0 radical (unpaired) electrons. The van der Waals surface area contributed by atoms with E-state index in [2.05, 4.69) is 27.7 Å². The molecule has 0 heteroatoms. The van der Waals surface area contributed by atoms with Gasteiger partial charge >= 0.3 is 0 Å². The summed E-state index contributed by atoms with van der Waals surface area (Å²) in [6.45, 7) is 10.5. The molecule has 4 fully saturated rings. The van der Waals surface area contributed by atoms with Crippen LogP contribution in [-0.4, -0.2) is 0 Å². The fourth-order valence-corrected chi connectivity index (χ4v) is 8.59.